The summed E-state index contributed by atoms with van der Waals surface area (Å²) in [5, 5.41) is 0. The molecule has 0 amide bonds. The van der Waals surface area contributed by atoms with Gasteiger partial charge in [0, 0.05) is 0 Å². The largest absolute Gasteiger partial charge is 0.298 e. The standard InChI is InChI=1S/C7H10N2O2/c1-6(10)3-8-5-9-4-7(2)11/h3-4H2,1-2H3. The molecule has 0 saturated carbocycles. The lowest BCUT2D eigenvalue weighted by atomic mass is 10.5. The van der Waals surface area contributed by atoms with Crippen molar-refractivity contribution in [3.63, 3.8) is 0 Å². The van der Waals surface area contributed by atoms with Crippen LogP contribution in [0.25, 0.3) is 0 Å². The van der Waals surface area contributed by atoms with Crippen molar-refractivity contribution in [3.05, 3.63) is 0 Å². The van der Waals surface area contributed by atoms with Crippen molar-refractivity contribution in [2.24, 2.45) is 9.98 Å². The van der Waals surface area contributed by atoms with E-state index in [0.29, 0.717) is 0 Å². The van der Waals surface area contributed by atoms with Crippen molar-refractivity contribution in [2.45, 2.75) is 13.8 Å². The average molecular weight is 154 g/mol. The lowest BCUT2D eigenvalue weighted by Gasteiger charge is -1.79. The normalized spacial score (nSPS) is 8.18. The van der Waals surface area contributed by atoms with E-state index in [0.717, 1.165) is 0 Å². The van der Waals surface area contributed by atoms with Crippen LogP contribution in [0.2, 0.25) is 0 Å². The first-order valence-electron chi connectivity index (χ1n) is 3.20. The summed E-state index contributed by atoms with van der Waals surface area (Å²) in [6.45, 7) is 3.02. The molecule has 0 aromatic carbocycles. The fourth-order valence-electron chi connectivity index (χ4n) is 0.343. The molecule has 0 aliphatic rings. The van der Waals surface area contributed by atoms with Gasteiger partial charge in [0.05, 0.1) is 6.01 Å². The van der Waals surface area contributed by atoms with Crippen LogP contribution in [0.5, 0.6) is 0 Å². The van der Waals surface area contributed by atoms with Crippen LogP contribution < -0.4 is 0 Å². The first-order chi connectivity index (χ1) is 5.13. The fraction of sp³-hybridized carbons (Fsp3) is 0.571. The zero-order valence-electron chi connectivity index (χ0n) is 6.63. The molecular weight excluding hydrogens is 144 g/mol. The van der Waals surface area contributed by atoms with E-state index in [9.17, 15) is 9.59 Å². The molecule has 0 aromatic heterocycles. The summed E-state index contributed by atoms with van der Waals surface area (Å²) in [5.74, 6) is -0.0916. The summed E-state index contributed by atoms with van der Waals surface area (Å²) >= 11 is 0. The molecule has 4 heteroatoms. The maximum Gasteiger partial charge on any atom is 0.152 e. The number of carbonyl (C=O) groups is 2. The Kier molecular flexibility index (Phi) is 4.86. The van der Waals surface area contributed by atoms with Crippen molar-refractivity contribution < 1.29 is 9.59 Å². The molecule has 0 aliphatic carbocycles. The Labute approximate surface area is 65.0 Å². The number of hydrogen-bond donors (Lipinski definition) is 0. The number of nitrogens with zero attached hydrogens (tertiary/aromatic N) is 2. The Hall–Kier alpha value is -1.28. The molecule has 0 radical (unpaired) electrons. The van der Waals surface area contributed by atoms with Gasteiger partial charge in [-0.3, -0.25) is 9.59 Å². The summed E-state index contributed by atoms with van der Waals surface area (Å²) in [7, 11) is 0. The predicted octanol–water partition coefficient (Wildman–Crippen LogP) is 0.338. The summed E-state index contributed by atoms with van der Waals surface area (Å²) in [6.07, 6.45) is 0. The van der Waals surface area contributed by atoms with Gasteiger partial charge in [-0.05, 0) is 13.8 Å². The molecule has 60 valence electrons. The fourth-order valence-corrected chi connectivity index (χ4v) is 0.343. The average Bonchev–Trinajstić information content (AvgIpc) is 1.85. The highest BCUT2D eigenvalue weighted by atomic mass is 16.1. The quantitative estimate of drug-likeness (QED) is 0.548. The van der Waals surface area contributed by atoms with E-state index in [4.69, 9.17) is 0 Å². The van der Waals surface area contributed by atoms with Gasteiger partial charge in [0.1, 0.15) is 13.1 Å². The summed E-state index contributed by atoms with van der Waals surface area (Å²) in [4.78, 5) is 27.6. The SMILES string of the molecule is CC(=O)CN=C=NCC(C)=O. The molecular formula is C7H10N2O2. The minimum atomic E-state index is -0.0458. The monoisotopic (exact) mass is 154 g/mol. The van der Waals surface area contributed by atoms with Crippen LogP contribution in [0.1, 0.15) is 13.8 Å². The van der Waals surface area contributed by atoms with E-state index in [2.05, 4.69) is 16.0 Å². The smallest absolute Gasteiger partial charge is 0.152 e. The van der Waals surface area contributed by atoms with Crippen molar-refractivity contribution in [1.82, 2.24) is 0 Å². The van der Waals surface area contributed by atoms with Crippen LogP contribution in [0, 0.1) is 0 Å². The molecule has 0 atom stereocenters. The molecule has 0 fully saturated rings. The van der Waals surface area contributed by atoms with E-state index in [-0.39, 0.29) is 24.7 Å². The second-order valence-electron chi connectivity index (χ2n) is 2.14. The third-order valence-corrected chi connectivity index (χ3v) is 0.745. The molecule has 0 heterocycles. The maximum atomic E-state index is 10.3. The number of carbonyl (C=O) groups excluding carboxylic acids is 2. The van der Waals surface area contributed by atoms with Crippen LogP contribution in [0.15, 0.2) is 9.98 Å². The highest BCUT2D eigenvalue weighted by Gasteiger charge is 1.86. The second kappa shape index (κ2) is 5.50. The Morgan fingerprint density at radius 1 is 1.09 bits per heavy atom. The van der Waals surface area contributed by atoms with Crippen LogP contribution in [0.4, 0.5) is 0 Å². The first kappa shape index (κ1) is 9.72. The van der Waals surface area contributed by atoms with Crippen molar-refractivity contribution in [1.29, 1.82) is 0 Å². The number of rotatable bonds is 4. The second-order valence-corrected chi connectivity index (χ2v) is 2.14. The highest BCUT2D eigenvalue weighted by molar-refractivity contribution is 5.79. The van der Waals surface area contributed by atoms with Crippen LogP contribution in [-0.2, 0) is 9.59 Å². The van der Waals surface area contributed by atoms with Crippen LogP contribution >= 0.6 is 0 Å². The van der Waals surface area contributed by atoms with Gasteiger partial charge >= 0.3 is 0 Å². The zero-order chi connectivity index (χ0) is 8.69. The number of Topliss-reactive ketones (excluding diaryl/α,β-unsaturated/α-hetero) is 2. The van der Waals surface area contributed by atoms with Crippen LogP contribution in [0.3, 0.4) is 0 Å². The third-order valence-electron chi connectivity index (χ3n) is 0.745. The Bertz CT molecular complexity index is 194. The molecule has 0 aliphatic heterocycles. The maximum absolute atomic E-state index is 10.3. The molecule has 0 aromatic rings. The number of ketones is 2. The van der Waals surface area contributed by atoms with Gasteiger partial charge in [-0.1, -0.05) is 0 Å². The van der Waals surface area contributed by atoms with Gasteiger partial charge < -0.3 is 0 Å². The van der Waals surface area contributed by atoms with Crippen molar-refractivity contribution in [3.8, 4) is 0 Å². The number of hydrogen-bond acceptors (Lipinski definition) is 4. The van der Waals surface area contributed by atoms with E-state index in [1.54, 1.807) is 0 Å². The summed E-state index contributed by atoms with van der Waals surface area (Å²) < 4.78 is 0. The lowest BCUT2D eigenvalue weighted by molar-refractivity contribution is -0.116. The zero-order valence-corrected chi connectivity index (χ0v) is 6.63. The van der Waals surface area contributed by atoms with E-state index < -0.39 is 0 Å². The van der Waals surface area contributed by atoms with Gasteiger partial charge in [0.2, 0.25) is 0 Å². The summed E-state index contributed by atoms with van der Waals surface area (Å²) in [6, 6.07) is 2.26. The number of aliphatic imine (C=N–C) groups is 2. The topological polar surface area (TPSA) is 58.9 Å². The van der Waals surface area contributed by atoms with E-state index in [1.165, 1.54) is 13.8 Å². The molecule has 4 nitrogen and oxygen atoms in total. The Morgan fingerprint density at radius 2 is 1.45 bits per heavy atom. The highest BCUT2D eigenvalue weighted by Crippen LogP contribution is 1.71. The van der Waals surface area contributed by atoms with Crippen molar-refractivity contribution >= 4 is 17.6 Å². The van der Waals surface area contributed by atoms with Gasteiger partial charge in [0.15, 0.2) is 11.6 Å². The third kappa shape index (κ3) is 8.72. The van der Waals surface area contributed by atoms with Gasteiger partial charge in [-0.15, -0.1) is 0 Å². The first-order valence-corrected chi connectivity index (χ1v) is 3.20. The Balaban J connectivity index is 3.64. The summed E-state index contributed by atoms with van der Waals surface area (Å²) in [5.41, 5.74) is 0. The van der Waals surface area contributed by atoms with Crippen molar-refractivity contribution in [2.75, 3.05) is 13.1 Å². The lowest BCUT2D eigenvalue weighted by Crippen LogP contribution is -1.95. The Morgan fingerprint density at radius 3 is 1.73 bits per heavy atom. The predicted molar refractivity (Wildman–Crippen MR) is 41.0 cm³/mol. The molecule has 0 N–H and O–H groups in total. The minimum Gasteiger partial charge on any atom is -0.298 e. The van der Waals surface area contributed by atoms with E-state index in [1.807, 2.05) is 0 Å². The van der Waals surface area contributed by atoms with Gasteiger partial charge in [-0.25, -0.2) is 9.98 Å². The molecule has 0 bridgehead atoms. The molecule has 0 saturated heterocycles. The van der Waals surface area contributed by atoms with E-state index >= 15 is 0 Å². The minimum absolute atomic E-state index is 0.0458. The molecule has 0 unspecified atom stereocenters. The molecule has 0 spiro atoms. The van der Waals surface area contributed by atoms with Crippen LogP contribution in [-0.4, -0.2) is 30.7 Å². The molecule has 11 heavy (non-hydrogen) atoms. The van der Waals surface area contributed by atoms with Gasteiger partial charge in [0.25, 0.3) is 0 Å². The van der Waals surface area contributed by atoms with Gasteiger partial charge in [-0.2, -0.15) is 0 Å². The molecule has 0 rings (SSSR count).